The molecule has 0 N–H and O–H groups in total. The summed E-state index contributed by atoms with van der Waals surface area (Å²) in [6.07, 6.45) is 1.86. The molecule has 0 fully saturated rings. The van der Waals surface area contributed by atoms with Gasteiger partial charge in [-0.3, -0.25) is 4.99 Å². The Balaban J connectivity index is 2.43. The zero-order valence-corrected chi connectivity index (χ0v) is 9.33. The van der Waals surface area contributed by atoms with E-state index < -0.39 is 0 Å². The lowest BCUT2D eigenvalue weighted by Crippen LogP contribution is -2.32. The Bertz CT molecular complexity index is 403. The first-order valence-electron chi connectivity index (χ1n) is 4.71. The molecule has 0 unspecified atom stereocenters. The molecular weight excluding hydrogens is 208 g/mol. The van der Waals surface area contributed by atoms with E-state index in [4.69, 9.17) is 17.0 Å². The van der Waals surface area contributed by atoms with E-state index >= 15 is 0 Å². The van der Waals surface area contributed by atoms with Crippen LogP contribution in [0.5, 0.6) is 0 Å². The van der Waals surface area contributed by atoms with Gasteiger partial charge in [-0.05, 0) is 6.07 Å². The summed E-state index contributed by atoms with van der Waals surface area (Å²) in [6.45, 7) is 1.02. The summed E-state index contributed by atoms with van der Waals surface area (Å²) in [5.74, 6) is 0. The number of benzene rings is 1. The third-order valence-electron chi connectivity index (χ3n) is 2.24. The molecule has 0 spiro atoms. The second kappa shape index (κ2) is 4.51. The predicted octanol–water partition coefficient (Wildman–Crippen LogP) is 1.86. The van der Waals surface area contributed by atoms with Crippen molar-refractivity contribution in [2.75, 3.05) is 25.3 Å². The van der Waals surface area contributed by atoms with E-state index in [1.807, 2.05) is 35.4 Å². The number of thiocarbonyl (C=S) groups is 1. The van der Waals surface area contributed by atoms with Crippen molar-refractivity contribution in [1.82, 2.24) is 0 Å². The van der Waals surface area contributed by atoms with Crippen molar-refractivity contribution in [3.05, 3.63) is 29.8 Å². The molecule has 1 heterocycles. The lowest BCUT2D eigenvalue weighted by Gasteiger charge is -2.23. The number of aliphatic imine (C=N–C) groups is 1. The molecule has 0 bridgehead atoms. The second-order valence-electron chi connectivity index (χ2n) is 3.27. The first-order chi connectivity index (χ1) is 7.33. The number of rotatable bonds is 2. The summed E-state index contributed by atoms with van der Waals surface area (Å²) >= 11 is 5.29. The summed E-state index contributed by atoms with van der Waals surface area (Å²) in [4.78, 5) is 7.02. The Morgan fingerprint density at radius 3 is 3.07 bits per heavy atom. The molecule has 0 aliphatic carbocycles. The maximum absolute atomic E-state index is 5.29. The van der Waals surface area contributed by atoms with Crippen LogP contribution in [-0.2, 0) is 4.74 Å². The van der Waals surface area contributed by atoms with Gasteiger partial charge >= 0.3 is 0 Å². The van der Waals surface area contributed by atoms with Gasteiger partial charge < -0.3 is 9.64 Å². The molecule has 0 radical (unpaired) electrons. The van der Waals surface area contributed by atoms with Crippen LogP contribution >= 0.6 is 12.2 Å². The molecule has 1 aromatic carbocycles. The van der Waals surface area contributed by atoms with Gasteiger partial charge in [0.1, 0.15) is 11.7 Å². The number of ether oxygens (including phenoxy) is 1. The van der Waals surface area contributed by atoms with Crippen molar-refractivity contribution in [1.29, 1.82) is 0 Å². The van der Waals surface area contributed by atoms with Crippen molar-refractivity contribution in [2.24, 2.45) is 4.99 Å². The molecule has 3 nitrogen and oxygen atoms in total. The van der Waals surface area contributed by atoms with E-state index in [1.54, 1.807) is 7.11 Å². The standard InChI is InChI=1S/C11H12N2OS/c1-14-8-13-10-5-3-2-4-9(10)6-12-7-11(13)15/h2-6H,7-8H2,1H3. The number of hydrogen-bond donors (Lipinski definition) is 0. The highest BCUT2D eigenvalue weighted by Gasteiger charge is 2.16. The topological polar surface area (TPSA) is 24.8 Å². The molecule has 4 heteroatoms. The first-order valence-corrected chi connectivity index (χ1v) is 5.12. The molecule has 0 amide bonds. The predicted molar refractivity (Wildman–Crippen MR) is 65.9 cm³/mol. The first kappa shape index (κ1) is 10.3. The lowest BCUT2D eigenvalue weighted by atomic mass is 10.2. The average molecular weight is 220 g/mol. The minimum absolute atomic E-state index is 0.471. The Labute approximate surface area is 94.4 Å². The highest BCUT2D eigenvalue weighted by Crippen LogP contribution is 2.21. The summed E-state index contributed by atoms with van der Waals surface area (Å²) in [7, 11) is 1.66. The Kier molecular flexibility index (Phi) is 3.08. The Hall–Kier alpha value is -1.26. The average Bonchev–Trinajstić information content (AvgIpc) is 2.40. The van der Waals surface area contributed by atoms with Crippen LogP contribution in [0.3, 0.4) is 0 Å². The Morgan fingerprint density at radius 2 is 2.27 bits per heavy atom. The molecule has 15 heavy (non-hydrogen) atoms. The van der Waals surface area contributed by atoms with Gasteiger partial charge in [0.2, 0.25) is 0 Å². The van der Waals surface area contributed by atoms with Crippen LogP contribution in [0, 0.1) is 0 Å². The maximum Gasteiger partial charge on any atom is 0.123 e. The summed E-state index contributed by atoms with van der Waals surface area (Å²) in [6, 6.07) is 8.03. The monoisotopic (exact) mass is 220 g/mol. The maximum atomic E-state index is 5.29. The summed E-state index contributed by atoms with van der Waals surface area (Å²) in [5.41, 5.74) is 2.14. The fourth-order valence-corrected chi connectivity index (χ4v) is 1.78. The minimum Gasteiger partial charge on any atom is -0.364 e. The van der Waals surface area contributed by atoms with E-state index in [2.05, 4.69) is 4.99 Å². The lowest BCUT2D eigenvalue weighted by molar-refractivity contribution is 0.208. The van der Waals surface area contributed by atoms with Crippen LogP contribution in [0.2, 0.25) is 0 Å². The normalized spacial score (nSPS) is 15.0. The SMILES string of the molecule is COCN1C(=S)CN=Cc2ccccc21. The van der Waals surface area contributed by atoms with Gasteiger partial charge in [-0.25, -0.2) is 0 Å². The van der Waals surface area contributed by atoms with E-state index in [0.717, 1.165) is 16.2 Å². The van der Waals surface area contributed by atoms with Crippen molar-refractivity contribution >= 4 is 29.1 Å². The summed E-state index contributed by atoms with van der Waals surface area (Å²) < 4.78 is 5.15. The Morgan fingerprint density at radius 1 is 1.47 bits per heavy atom. The zero-order chi connectivity index (χ0) is 10.7. The van der Waals surface area contributed by atoms with Crippen molar-refractivity contribution in [3.8, 4) is 0 Å². The van der Waals surface area contributed by atoms with Gasteiger partial charge in [0.15, 0.2) is 0 Å². The van der Waals surface area contributed by atoms with Crippen LogP contribution < -0.4 is 4.90 Å². The van der Waals surface area contributed by atoms with Crippen LogP contribution in [0.25, 0.3) is 0 Å². The molecule has 0 atom stereocenters. The van der Waals surface area contributed by atoms with Gasteiger partial charge in [0.25, 0.3) is 0 Å². The molecule has 1 aromatic rings. The van der Waals surface area contributed by atoms with Crippen LogP contribution in [-0.4, -0.2) is 31.6 Å². The number of anilines is 1. The molecule has 0 saturated heterocycles. The molecule has 0 aromatic heterocycles. The number of methoxy groups -OCH3 is 1. The molecule has 1 aliphatic heterocycles. The third kappa shape index (κ3) is 2.06. The molecule has 2 rings (SSSR count). The van der Waals surface area contributed by atoms with Gasteiger partial charge in [-0.1, -0.05) is 30.4 Å². The van der Waals surface area contributed by atoms with Gasteiger partial charge in [0.05, 0.1) is 12.2 Å². The fraction of sp³-hybridized carbons (Fsp3) is 0.273. The van der Waals surface area contributed by atoms with E-state index in [-0.39, 0.29) is 0 Å². The van der Waals surface area contributed by atoms with Crippen molar-refractivity contribution < 1.29 is 4.74 Å². The fourth-order valence-electron chi connectivity index (χ4n) is 1.55. The number of hydrogen-bond acceptors (Lipinski definition) is 3. The van der Waals surface area contributed by atoms with Gasteiger partial charge in [0, 0.05) is 18.9 Å². The second-order valence-corrected chi connectivity index (χ2v) is 3.74. The minimum atomic E-state index is 0.471. The van der Waals surface area contributed by atoms with Gasteiger partial charge in [-0.2, -0.15) is 0 Å². The van der Waals surface area contributed by atoms with Crippen molar-refractivity contribution in [2.45, 2.75) is 0 Å². The van der Waals surface area contributed by atoms with Crippen LogP contribution in [0.15, 0.2) is 29.3 Å². The number of fused-ring (bicyclic) bond motifs is 1. The van der Waals surface area contributed by atoms with E-state index in [1.165, 1.54) is 0 Å². The molecule has 0 saturated carbocycles. The molecule has 78 valence electrons. The number of nitrogens with zero attached hydrogens (tertiary/aromatic N) is 2. The van der Waals surface area contributed by atoms with E-state index in [0.29, 0.717) is 13.3 Å². The highest BCUT2D eigenvalue weighted by molar-refractivity contribution is 7.80. The number of benzodiazepines with no additional fused rings is 1. The largest absolute Gasteiger partial charge is 0.364 e. The van der Waals surface area contributed by atoms with Crippen LogP contribution in [0.1, 0.15) is 5.56 Å². The smallest absolute Gasteiger partial charge is 0.123 e. The quantitative estimate of drug-likeness (QED) is 0.711. The van der Waals surface area contributed by atoms with Crippen LogP contribution in [0.4, 0.5) is 5.69 Å². The zero-order valence-electron chi connectivity index (χ0n) is 8.51. The highest BCUT2D eigenvalue weighted by atomic mass is 32.1. The van der Waals surface area contributed by atoms with Gasteiger partial charge in [-0.15, -0.1) is 0 Å². The van der Waals surface area contributed by atoms with Crippen molar-refractivity contribution in [3.63, 3.8) is 0 Å². The molecule has 1 aliphatic rings. The molecular formula is C11H12N2OS. The van der Waals surface area contributed by atoms with E-state index in [9.17, 15) is 0 Å². The summed E-state index contributed by atoms with van der Waals surface area (Å²) in [5, 5.41) is 0. The third-order valence-corrected chi connectivity index (χ3v) is 2.59. The number of para-hydroxylation sites is 1.